The Balaban J connectivity index is 1.91. The van der Waals surface area contributed by atoms with Gasteiger partial charge in [-0.3, -0.25) is 4.98 Å². The van der Waals surface area contributed by atoms with Gasteiger partial charge in [0.2, 0.25) is 10.0 Å². The van der Waals surface area contributed by atoms with Gasteiger partial charge in [0.1, 0.15) is 0 Å². The Kier molecular flexibility index (Phi) is 5.12. The van der Waals surface area contributed by atoms with Crippen LogP contribution in [0, 0.1) is 0 Å². The summed E-state index contributed by atoms with van der Waals surface area (Å²) < 4.78 is 24.9. The maximum absolute atomic E-state index is 11.8. The van der Waals surface area contributed by atoms with Crippen LogP contribution < -0.4 is 0 Å². The van der Waals surface area contributed by atoms with E-state index in [2.05, 4.69) is 22.0 Å². The third-order valence-electron chi connectivity index (χ3n) is 3.90. The number of sulfonamides is 1. The topological polar surface area (TPSA) is 53.5 Å². The van der Waals surface area contributed by atoms with Gasteiger partial charge in [-0.15, -0.1) is 0 Å². The van der Waals surface area contributed by atoms with Gasteiger partial charge in [-0.25, -0.2) is 12.7 Å². The van der Waals surface area contributed by atoms with Crippen LogP contribution in [0.25, 0.3) is 0 Å². The van der Waals surface area contributed by atoms with Crippen molar-refractivity contribution in [3.05, 3.63) is 30.1 Å². The maximum Gasteiger partial charge on any atom is 0.214 e. The van der Waals surface area contributed by atoms with Crippen molar-refractivity contribution in [2.45, 2.75) is 18.8 Å². The summed E-state index contributed by atoms with van der Waals surface area (Å²) in [6, 6.07) is 4.12. The molecule has 0 N–H and O–H groups in total. The Morgan fingerprint density at radius 1 is 1.35 bits per heavy atom. The number of piperidine rings is 1. The highest BCUT2D eigenvalue weighted by Crippen LogP contribution is 2.26. The van der Waals surface area contributed by atoms with Crippen molar-refractivity contribution in [2.24, 2.45) is 0 Å². The predicted octanol–water partition coefficient (Wildman–Crippen LogP) is 1.15. The van der Waals surface area contributed by atoms with Gasteiger partial charge in [0.25, 0.3) is 0 Å². The maximum atomic E-state index is 11.8. The molecule has 0 unspecified atom stereocenters. The molecule has 0 aromatic carbocycles. The summed E-state index contributed by atoms with van der Waals surface area (Å²) >= 11 is 0. The number of hydrogen-bond acceptors (Lipinski definition) is 4. The van der Waals surface area contributed by atoms with Crippen LogP contribution in [0.4, 0.5) is 0 Å². The molecule has 0 radical (unpaired) electrons. The lowest BCUT2D eigenvalue weighted by Gasteiger charge is -2.33. The van der Waals surface area contributed by atoms with Crippen molar-refractivity contribution >= 4 is 10.0 Å². The molecule has 1 aliphatic rings. The summed E-state index contributed by atoms with van der Waals surface area (Å²) in [7, 11) is 0.0792. The van der Waals surface area contributed by atoms with Crippen LogP contribution in [0.15, 0.2) is 24.5 Å². The quantitative estimate of drug-likeness (QED) is 0.818. The van der Waals surface area contributed by atoms with E-state index in [1.165, 1.54) is 16.3 Å². The van der Waals surface area contributed by atoms with E-state index >= 15 is 0 Å². The normalized spacial score (nSPS) is 21.2. The van der Waals surface area contributed by atoms with E-state index in [0.717, 1.165) is 19.5 Å². The lowest BCUT2D eigenvalue weighted by Crippen LogP contribution is -2.39. The van der Waals surface area contributed by atoms with Crippen LogP contribution in [-0.4, -0.2) is 62.1 Å². The van der Waals surface area contributed by atoms with Crippen LogP contribution in [0.1, 0.15) is 24.3 Å². The first-order valence-electron chi connectivity index (χ1n) is 7.01. The second-order valence-corrected chi connectivity index (χ2v) is 7.82. The first kappa shape index (κ1) is 15.4. The van der Waals surface area contributed by atoms with E-state index in [4.69, 9.17) is 0 Å². The first-order chi connectivity index (χ1) is 9.49. The fourth-order valence-electron chi connectivity index (χ4n) is 2.59. The molecule has 6 heteroatoms. The second kappa shape index (κ2) is 6.65. The summed E-state index contributed by atoms with van der Waals surface area (Å²) in [6.45, 7) is 2.54. The number of hydrogen-bond donors (Lipinski definition) is 0. The number of nitrogens with zero attached hydrogens (tertiary/aromatic N) is 3. The van der Waals surface area contributed by atoms with Gasteiger partial charge in [-0.1, -0.05) is 0 Å². The second-order valence-electron chi connectivity index (χ2n) is 5.52. The van der Waals surface area contributed by atoms with Crippen LogP contribution in [0.3, 0.4) is 0 Å². The third kappa shape index (κ3) is 4.01. The molecule has 1 saturated heterocycles. The third-order valence-corrected chi connectivity index (χ3v) is 5.72. The molecule has 5 nitrogen and oxygen atoms in total. The molecule has 1 aromatic heterocycles. The zero-order chi connectivity index (χ0) is 14.6. The number of likely N-dealkylation sites (tertiary alicyclic amines) is 1. The van der Waals surface area contributed by atoms with Gasteiger partial charge < -0.3 is 4.90 Å². The Morgan fingerprint density at radius 2 is 2.05 bits per heavy atom. The SMILES string of the molecule is CN(C)S(=O)(=O)CCN1CCC[C@@H](c2ccncc2)C1. The van der Waals surface area contributed by atoms with Crippen molar-refractivity contribution in [3.8, 4) is 0 Å². The lowest BCUT2D eigenvalue weighted by molar-refractivity contribution is 0.218. The van der Waals surface area contributed by atoms with Crippen molar-refractivity contribution in [2.75, 3.05) is 39.5 Å². The minimum absolute atomic E-state index is 0.197. The fourth-order valence-corrected chi connectivity index (χ4v) is 3.45. The molecule has 2 rings (SSSR count). The average molecular weight is 297 g/mol. The van der Waals surface area contributed by atoms with E-state index in [1.54, 1.807) is 14.1 Å². The predicted molar refractivity (Wildman–Crippen MR) is 80.1 cm³/mol. The summed E-state index contributed by atoms with van der Waals surface area (Å²) in [5.41, 5.74) is 1.31. The van der Waals surface area contributed by atoms with Gasteiger partial charge in [0.05, 0.1) is 5.75 Å². The molecule has 20 heavy (non-hydrogen) atoms. The van der Waals surface area contributed by atoms with Crippen molar-refractivity contribution in [1.29, 1.82) is 0 Å². The highest BCUT2D eigenvalue weighted by atomic mass is 32.2. The van der Waals surface area contributed by atoms with Crippen molar-refractivity contribution in [3.63, 3.8) is 0 Å². The monoisotopic (exact) mass is 297 g/mol. The van der Waals surface area contributed by atoms with E-state index in [9.17, 15) is 8.42 Å². The highest BCUT2D eigenvalue weighted by Gasteiger charge is 2.23. The van der Waals surface area contributed by atoms with E-state index in [0.29, 0.717) is 12.5 Å². The van der Waals surface area contributed by atoms with E-state index in [-0.39, 0.29) is 5.75 Å². The molecule has 1 aromatic rings. The van der Waals surface area contributed by atoms with Gasteiger partial charge >= 0.3 is 0 Å². The molecular formula is C14H23N3O2S. The van der Waals surface area contributed by atoms with Gasteiger partial charge in [-0.05, 0) is 43.0 Å². The van der Waals surface area contributed by atoms with Crippen molar-refractivity contribution < 1.29 is 8.42 Å². The minimum atomic E-state index is -3.10. The molecule has 0 spiro atoms. The molecule has 0 aliphatic carbocycles. The number of rotatable bonds is 5. The lowest BCUT2D eigenvalue weighted by atomic mass is 9.91. The van der Waals surface area contributed by atoms with Gasteiger partial charge in [0.15, 0.2) is 0 Å². The van der Waals surface area contributed by atoms with Crippen LogP contribution in [0.5, 0.6) is 0 Å². The molecule has 0 amide bonds. The average Bonchev–Trinajstić information content (AvgIpc) is 2.46. The minimum Gasteiger partial charge on any atom is -0.302 e. The van der Waals surface area contributed by atoms with Gasteiger partial charge in [0, 0.05) is 39.6 Å². The Bertz CT molecular complexity index is 516. The van der Waals surface area contributed by atoms with Crippen molar-refractivity contribution in [1.82, 2.24) is 14.2 Å². The zero-order valence-corrected chi connectivity index (χ0v) is 13.0. The standard InChI is InChI=1S/C14H23N3O2S/c1-16(2)20(18,19)11-10-17-9-3-4-14(12-17)13-5-7-15-8-6-13/h5-8,14H,3-4,9-12H2,1-2H3/t14-/m1/s1. The Morgan fingerprint density at radius 3 is 2.70 bits per heavy atom. The molecule has 1 aliphatic heterocycles. The molecular weight excluding hydrogens is 274 g/mol. The molecule has 0 saturated carbocycles. The number of pyridine rings is 1. The summed E-state index contributed by atoms with van der Waals surface area (Å²) in [6.07, 6.45) is 5.94. The Labute approximate surface area is 121 Å². The van der Waals surface area contributed by atoms with Crippen LogP contribution in [0.2, 0.25) is 0 Å². The van der Waals surface area contributed by atoms with E-state index < -0.39 is 10.0 Å². The molecule has 112 valence electrons. The van der Waals surface area contributed by atoms with Crippen LogP contribution in [-0.2, 0) is 10.0 Å². The van der Waals surface area contributed by atoms with Gasteiger partial charge in [-0.2, -0.15) is 0 Å². The van der Waals surface area contributed by atoms with E-state index in [1.807, 2.05) is 12.4 Å². The molecule has 0 bridgehead atoms. The smallest absolute Gasteiger partial charge is 0.214 e. The largest absolute Gasteiger partial charge is 0.302 e. The molecule has 1 atom stereocenters. The fraction of sp³-hybridized carbons (Fsp3) is 0.643. The first-order valence-corrected chi connectivity index (χ1v) is 8.62. The Hall–Kier alpha value is -0.980. The summed E-state index contributed by atoms with van der Waals surface area (Å²) in [5.74, 6) is 0.692. The number of aromatic nitrogens is 1. The summed E-state index contributed by atoms with van der Waals surface area (Å²) in [4.78, 5) is 6.31. The highest BCUT2D eigenvalue weighted by molar-refractivity contribution is 7.89. The molecule has 1 fully saturated rings. The molecule has 2 heterocycles. The van der Waals surface area contributed by atoms with Crippen LogP contribution >= 0.6 is 0 Å². The summed E-state index contributed by atoms with van der Waals surface area (Å²) in [5, 5.41) is 0. The zero-order valence-electron chi connectivity index (χ0n) is 12.2.